The number of amides is 2. The van der Waals surface area contributed by atoms with E-state index >= 15 is 0 Å². The summed E-state index contributed by atoms with van der Waals surface area (Å²) in [6.45, 7) is 1.54. The van der Waals surface area contributed by atoms with Crippen LogP contribution in [0.2, 0.25) is 0 Å². The van der Waals surface area contributed by atoms with Crippen molar-refractivity contribution in [3.8, 4) is 5.75 Å². The fourth-order valence-electron chi connectivity index (χ4n) is 3.24. The van der Waals surface area contributed by atoms with Crippen molar-refractivity contribution in [3.63, 3.8) is 0 Å². The molecule has 0 fully saturated rings. The van der Waals surface area contributed by atoms with E-state index in [1.165, 1.54) is 34.5 Å². The van der Waals surface area contributed by atoms with Crippen molar-refractivity contribution in [3.05, 3.63) is 65.5 Å². The number of ether oxygens (including phenoxy) is 1. The number of benzene rings is 1. The molecule has 31 heavy (non-hydrogen) atoms. The van der Waals surface area contributed by atoms with Gasteiger partial charge in [-0.2, -0.15) is 0 Å². The Bertz CT molecular complexity index is 1140. The third-order valence-corrected chi connectivity index (χ3v) is 5.87. The van der Waals surface area contributed by atoms with Crippen molar-refractivity contribution in [1.82, 2.24) is 9.97 Å². The van der Waals surface area contributed by atoms with Gasteiger partial charge in [0.1, 0.15) is 23.2 Å². The molecule has 1 aliphatic heterocycles. The number of urea groups is 1. The van der Waals surface area contributed by atoms with Gasteiger partial charge < -0.3 is 10.1 Å². The van der Waals surface area contributed by atoms with Crippen LogP contribution in [0.15, 0.2) is 47.6 Å². The molecule has 0 atom stereocenters. The summed E-state index contributed by atoms with van der Waals surface area (Å²) >= 11 is 1.18. The Balaban J connectivity index is 1.75. The molecule has 3 aromatic rings. The Morgan fingerprint density at radius 1 is 1.19 bits per heavy atom. The Morgan fingerprint density at radius 2 is 1.94 bits per heavy atom. The van der Waals surface area contributed by atoms with Gasteiger partial charge in [0.05, 0.1) is 30.4 Å². The summed E-state index contributed by atoms with van der Waals surface area (Å²) in [4.78, 5) is 23.9. The minimum absolute atomic E-state index is 0.0607. The lowest BCUT2D eigenvalue weighted by Gasteiger charge is -2.35. The van der Waals surface area contributed by atoms with Crippen molar-refractivity contribution in [2.24, 2.45) is 0 Å². The van der Waals surface area contributed by atoms with Crippen LogP contribution in [0.3, 0.4) is 0 Å². The van der Waals surface area contributed by atoms with Crippen LogP contribution in [0.1, 0.15) is 11.1 Å². The number of methoxy groups -OCH3 is 1. The molecule has 4 rings (SSSR count). The number of pyridine rings is 2. The lowest BCUT2D eigenvalue weighted by molar-refractivity contribution is 0.253. The largest absolute Gasteiger partial charge is 0.497 e. The molecule has 0 radical (unpaired) electrons. The van der Waals surface area contributed by atoms with Gasteiger partial charge in [-0.1, -0.05) is 0 Å². The van der Waals surface area contributed by atoms with Crippen LogP contribution < -0.4 is 19.3 Å². The van der Waals surface area contributed by atoms with Crippen LogP contribution in [-0.4, -0.2) is 30.2 Å². The molecule has 1 aromatic carbocycles. The van der Waals surface area contributed by atoms with Gasteiger partial charge >= 0.3 is 6.03 Å². The van der Waals surface area contributed by atoms with E-state index in [0.717, 1.165) is 17.7 Å². The topological polar surface area (TPSA) is 70.6 Å². The number of nitrogens with zero attached hydrogens (tertiary/aromatic N) is 4. The van der Waals surface area contributed by atoms with Crippen LogP contribution in [0.25, 0.3) is 0 Å². The third kappa shape index (κ3) is 3.86. The number of anilines is 3. The van der Waals surface area contributed by atoms with E-state index in [1.807, 2.05) is 13.0 Å². The lowest BCUT2D eigenvalue weighted by atomic mass is 10.1. The molecule has 1 aliphatic rings. The molecule has 7 nitrogen and oxygen atoms in total. The molecule has 1 N–H and O–H groups in total. The molecule has 0 spiro atoms. The smallest absolute Gasteiger partial charge is 0.341 e. The van der Waals surface area contributed by atoms with Gasteiger partial charge in [0, 0.05) is 42.9 Å². The maximum atomic E-state index is 14.6. The van der Waals surface area contributed by atoms with Gasteiger partial charge in [0.15, 0.2) is 5.82 Å². The normalized spacial score (nSPS) is 13.3. The number of fused-ring (bicyclic) bond motifs is 1. The standard InChI is InChI=1S/C21H19F2N5O2S/c1-12-7-13(10-26-19(12)24-2)28-21(29)27(20-18(31-28)5-4-6-25-20)11-15-16(22)8-14(30-3)9-17(15)23/h4-10H,11H2,1-3H3,(H,24,26). The number of carbonyl (C=O) groups excluding carboxylic acids is 1. The summed E-state index contributed by atoms with van der Waals surface area (Å²) in [6.07, 6.45) is 3.10. The molecule has 160 valence electrons. The zero-order chi connectivity index (χ0) is 22.1. The predicted octanol–water partition coefficient (Wildman–Crippen LogP) is 4.77. The number of aromatic nitrogens is 2. The average molecular weight is 443 g/mol. The number of nitrogens with one attached hydrogen (secondary N) is 1. The molecule has 2 amide bonds. The number of rotatable bonds is 5. The van der Waals surface area contributed by atoms with E-state index in [-0.39, 0.29) is 17.9 Å². The van der Waals surface area contributed by atoms with Gasteiger partial charge in [0.2, 0.25) is 0 Å². The van der Waals surface area contributed by atoms with Crippen molar-refractivity contribution in [1.29, 1.82) is 0 Å². The first-order valence-electron chi connectivity index (χ1n) is 9.34. The second-order valence-electron chi connectivity index (χ2n) is 6.76. The lowest BCUT2D eigenvalue weighted by Crippen LogP contribution is -2.43. The summed E-state index contributed by atoms with van der Waals surface area (Å²) in [7, 11) is 3.09. The number of halogens is 2. The first kappa shape index (κ1) is 20.9. The molecule has 3 heterocycles. The molecule has 0 aliphatic carbocycles. The van der Waals surface area contributed by atoms with Crippen molar-refractivity contribution in [2.75, 3.05) is 28.7 Å². The van der Waals surface area contributed by atoms with E-state index < -0.39 is 17.7 Å². The highest BCUT2D eigenvalue weighted by atomic mass is 32.2. The molecule has 2 aromatic heterocycles. The van der Waals surface area contributed by atoms with Crippen LogP contribution in [0.5, 0.6) is 5.75 Å². The predicted molar refractivity (Wildman–Crippen MR) is 116 cm³/mol. The Hall–Kier alpha value is -3.40. The summed E-state index contributed by atoms with van der Waals surface area (Å²) in [6, 6.07) is 7.04. The molecule has 0 unspecified atom stereocenters. The third-order valence-electron chi connectivity index (χ3n) is 4.80. The number of hydrogen-bond acceptors (Lipinski definition) is 6. The Labute approximate surface area is 182 Å². The van der Waals surface area contributed by atoms with Crippen LogP contribution in [0, 0.1) is 18.6 Å². The quantitative estimate of drug-likeness (QED) is 0.573. The summed E-state index contributed by atoms with van der Waals surface area (Å²) < 4.78 is 35.5. The number of carbonyl (C=O) groups is 1. The minimum atomic E-state index is -0.803. The zero-order valence-corrected chi connectivity index (χ0v) is 17.8. The molecule has 10 heteroatoms. The number of hydrogen-bond donors (Lipinski definition) is 1. The maximum Gasteiger partial charge on any atom is 0.341 e. The summed E-state index contributed by atoms with van der Waals surface area (Å²) in [5, 5.41) is 2.98. The minimum Gasteiger partial charge on any atom is -0.497 e. The highest BCUT2D eigenvalue weighted by Crippen LogP contribution is 2.41. The highest BCUT2D eigenvalue weighted by Gasteiger charge is 2.35. The van der Waals surface area contributed by atoms with Crippen molar-refractivity contribution < 1.29 is 18.3 Å². The van der Waals surface area contributed by atoms with Gasteiger partial charge in [-0.15, -0.1) is 0 Å². The van der Waals surface area contributed by atoms with Gasteiger partial charge in [-0.05, 0) is 30.7 Å². The Kier molecular flexibility index (Phi) is 5.64. The highest BCUT2D eigenvalue weighted by molar-refractivity contribution is 8.01. The van der Waals surface area contributed by atoms with Crippen LogP contribution in [-0.2, 0) is 6.54 Å². The second kappa shape index (κ2) is 8.38. The van der Waals surface area contributed by atoms with E-state index in [9.17, 15) is 13.6 Å². The zero-order valence-electron chi connectivity index (χ0n) is 17.0. The molecule has 0 saturated carbocycles. The van der Waals surface area contributed by atoms with Crippen molar-refractivity contribution >= 4 is 35.3 Å². The average Bonchev–Trinajstić information content (AvgIpc) is 2.77. The molecule has 0 bridgehead atoms. The summed E-state index contributed by atoms with van der Waals surface area (Å²) in [5.41, 5.74) is 1.14. The van der Waals surface area contributed by atoms with Gasteiger partial charge in [0.25, 0.3) is 0 Å². The first-order chi connectivity index (χ1) is 14.9. The summed E-state index contributed by atoms with van der Waals surface area (Å²) in [5.74, 6) is -0.518. The van der Waals surface area contributed by atoms with Gasteiger partial charge in [-0.25, -0.2) is 27.8 Å². The van der Waals surface area contributed by atoms with E-state index in [1.54, 1.807) is 25.4 Å². The Morgan fingerprint density at radius 3 is 2.58 bits per heavy atom. The molecular formula is C21H19F2N5O2S. The first-order valence-corrected chi connectivity index (χ1v) is 10.1. The fraction of sp³-hybridized carbons (Fsp3) is 0.190. The monoisotopic (exact) mass is 443 g/mol. The fourth-order valence-corrected chi connectivity index (χ4v) is 4.20. The van der Waals surface area contributed by atoms with E-state index in [0.29, 0.717) is 22.2 Å². The van der Waals surface area contributed by atoms with Crippen LogP contribution >= 0.6 is 11.9 Å². The maximum absolute atomic E-state index is 14.6. The van der Waals surface area contributed by atoms with Gasteiger partial charge in [-0.3, -0.25) is 4.90 Å². The molecule has 0 saturated heterocycles. The van der Waals surface area contributed by atoms with Crippen LogP contribution in [0.4, 0.5) is 30.9 Å². The van der Waals surface area contributed by atoms with Crippen molar-refractivity contribution in [2.45, 2.75) is 18.4 Å². The number of aryl methyl sites for hydroxylation is 1. The second-order valence-corrected chi connectivity index (χ2v) is 7.75. The SMILES string of the molecule is CNc1ncc(N2Sc3cccnc3N(Cc3c(F)cc(OC)cc3F)C2=O)cc1C. The van der Waals surface area contributed by atoms with E-state index in [2.05, 4.69) is 15.3 Å². The molecular weight excluding hydrogens is 424 g/mol. The van der Waals surface area contributed by atoms with E-state index in [4.69, 9.17) is 4.74 Å².